The molecule has 1 aromatic carbocycles. The summed E-state index contributed by atoms with van der Waals surface area (Å²) in [6.07, 6.45) is 0.830. The fourth-order valence-corrected chi connectivity index (χ4v) is 4.46. The van der Waals surface area contributed by atoms with Crippen LogP contribution in [0.5, 0.6) is 5.75 Å². The lowest BCUT2D eigenvalue weighted by atomic mass is 9.80. The van der Waals surface area contributed by atoms with Crippen molar-refractivity contribution in [3.8, 4) is 5.75 Å². The van der Waals surface area contributed by atoms with Crippen LogP contribution in [0.2, 0.25) is 0 Å². The molecule has 0 aliphatic rings. The summed E-state index contributed by atoms with van der Waals surface area (Å²) in [5, 5.41) is 0.911. The van der Waals surface area contributed by atoms with Crippen molar-refractivity contribution in [2.75, 3.05) is 18.1 Å². The Morgan fingerprint density at radius 3 is 2.53 bits per heavy atom. The third-order valence-electron chi connectivity index (χ3n) is 4.70. The van der Waals surface area contributed by atoms with Crippen LogP contribution in [0.15, 0.2) is 28.2 Å². The summed E-state index contributed by atoms with van der Waals surface area (Å²) in [6, 6.07) is 6.52. The first-order chi connectivity index (χ1) is 13.9. The lowest BCUT2D eigenvalue weighted by molar-refractivity contribution is 0.309. The molecular formula is C22H30N4O2S2. The molecule has 0 radical (unpaired) electrons. The third kappa shape index (κ3) is 5.35. The van der Waals surface area contributed by atoms with Crippen molar-refractivity contribution in [3.05, 3.63) is 39.7 Å². The van der Waals surface area contributed by atoms with E-state index in [4.69, 9.17) is 10.5 Å². The number of ether oxygens (including phenoxy) is 1. The zero-order valence-electron chi connectivity index (χ0n) is 18.5. The number of thioether (sulfide) groups is 1. The topological polar surface area (TPSA) is 93.9 Å². The Bertz CT molecular complexity index is 1090. The van der Waals surface area contributed by atoms with Gasteiger partial charge in [-0.3, -0.25) is 4.79 Å². The monoisotopic (exact) mass is 446 g/mol. The summed E-state index contributed by atoms with van der Waals surface area (Å²) in [5.74, 6) is 1.71. The smallest absolute Gasteiger partial charge is 0.271 e. The second kappa shape index (κ2) is 8.59. The first-order valence-electron chi connectivity index (χ1n) is 10.0. The number of aromatic nitrogens is 3. The molecule has 0 fully saturated rings. The highest BCUT2D eigenvalue weighted by molar-refractivity contribution is 7.99. The van der Waals surface area contributed by atoms with E-state index in [1.807, 2.05) is 0 Å². The molecule has 8 heteroatoms. The van der Waals surface area contributed by atoms with Crippen molar-refractivity contribution in [2.24, 2.45) is 0 Å². The summed E-state index contributed by atoms with van der Waals surface area (Å²) >= 11 is 2.64. The Morgan fingerprint density at radius 2 is 1.87 bits per heavy atom. The van der Waals surface area contributed by atoms with Crippen LogP contribution >= 0.6 is 23.1 Å². The number of hydrogen-bond donors (Lipinski definition) is 2. The second-order valence-electron chi connectivity index (χ2n) is 9.34. The number of benzene rings is 1. The van der Waals surface area contributed by atoms with Crippen LogP contribution in [0.4, 0.5) is 5.13 Å². The molecule has 0 bridgehead atoms. The third-order valence-corrected chi connectivity index (χ3v) is 6.53. The number of thiazole rings is 1. The average Bonchev–Trinajstić information content (AvgIpc) is 3.00. The van der Waals surface area contributed by atoms with Gasteiger partial charge in [-0.1, -0.05) is 76.8 Å². The van der Waals surface area contributed by atoms with E-state index in [-0.39, 0.29) is 16.4 Å². The minimum atomic E-state index is -0.193. The van der Waals surface area contributed by atoms with E-state index in [2.05, 4.69) is 74.7 Å². The van der Waals surface area contributed by atoms with Gasteiger partial charge in [-0.15, -0.1) is 0 Å². The molecule has 162 valence electrons. The molecule has 0 aliphatic heterocycles. The van der Waals surface area contributed by atoms with Gasteiger partial charge in [0.15, 0.2) is 15.9 Å². The molecule has 3 rings (SSSR count). The molecule has 0 amide bonds. The van der Waals surface area contributed by atoms with Gasteiger partial charge in [-0.2, -0.15) is 0 Å². The maximum absolute atomic E-state index is 12.1. The van der Waals surface area contributed by atoms with Crippen molar-refractivity contribution in [1.82, 2.24) is 15.0 Å². The highest BCUT2D eigenvalue weighted by Crippen LogP contribution is 2.35. The SMILES string of the molecule is CC(C)(C)c1ccc(OCCCSc2nc3nc(N)sc3c(=O)[nH]2)c(C(C)(C)C)c1. The van der Waals surface area contributed by atoms with Gasteiger partial charge in [0.05, 0.1) is 6.61 Å². The molecule has 2 aromatic heterocycles. The van der Waals surface area contributed by atoms with E-state index in [0.717, 1.165) is 29.3 Å². The van der Waals surface area contributed by atoms with Gasteiger partial charge in [0.2, 0.25) is 0 Å². The molecule has 0 spiro atoms. The van der Waals surface area contributed by atoms with Gasteiger partial charge >= 0.3 is 0 Å². The van der Waals surface area contributed by atoms with E-state index in [1.165, 1.54) is 22.9 Å². The summed E-state index contributed by atoms with van der Waals surface area (Å²) < 4.78 is 6.60. The van der Waals surface area contributed by atoms with Gasteiger partial charge in [0.1, 0.15) is 10.4 Å². The number of nitrogens with two attached hydrogens (primary N) is 1. The van der Waals surface area contributed by atoms with E-state index >= 15 is 0 Å². The predicted molar refractivity (Wildman–Crippen MR) is 127 cm³/mol. The molecule has 2 heterocycles. The van der Waals surface area contributed by atoms with Crippen molar-refractivity contribution in [3.63, 3.8) is 0 Å². The number of nitrogens with one attached hydrogen (secondary N) is 1. The highest BCUT2D eigenvalue weighted by Gasteiger charge is 2.23. The van der Waals surface area contributed by atoms with Gasteiger partial charge < -0.3 is 15.5 Å². The average molecular weight is 447 g/mol. The molecule has 30 heavy (non-hydrogen) atoms. The predicted octanol–water partition coefficient (Wildman–Crippen LogP) is 5.12. The van der Waals surface area contributed by atoms with Crippen LogP contribution in [0.25, 0.3) is 10.3 Å². The van der Waals surface area contributed by atoms with Gasteiger partial charge in [-0.05, 0) is 34.4 Å². The molecule has 0 saturated heterocycles. The van der Waals surface area contributed by atoms with Crippen molar-refractivity contribution in [2.45, 2.75) is 63.9 Å². The molecule has 0 atom stereocenters. The molecular weight excluding hydrogens is 416 g/mol. The normalized spacial score (nSPS) is 12.5. The van der Waals surface area contributed by atoms with E-state index < -0.39 is 0 Å². The molecule has 0 unspecified atom stereocenters. The number of anilines is 1. The molecule has 0 aliphatic carbocycles. The van der Waals surface area contributed by atoms with Crippen LogP contribution in [-0.4, -0.2) is 27.3 Å². The minimum absolute atomic E-state index is 0.000455. The van der Waals surface area contributed by atoms with Crippen molar-refractivity contribution in [1.29, 1.82) is 0 Å². The first kappa shape index (κ1) is 22.6. The van der Waals surface area contributed by atoms with Crippen LogP contribution in [0, 0.1) is 0 Å². The van der Waals surface area contributed by atoms with Crippen molar-refractivity contribution < 1.29 is 4.74 Å². The summed E-state index contributed by atoms with van der Waals surface area (Å²) in [7, 11) is 0. The van der Waals surface area contributed by atoms with Crippen LogP contribution in [0.3, 0.4) is 0 Å². The molecule has 6 nitrogen and oxygen atoms in total. The number of fused-ring (bicyclic) bond motifs is 1. The Hall–Kier alpha value is -2.06. The highest BCUT2D eigenvalue weighted by atomic mass is 32.2. The zero-order valence-corrected chi connectivity index (χ0v) is 20.1. The molecule has 3 aromatic rings. The quantitative estimate of drug-likeness (QED) is 0.310. The lowest BCUT2D eigenvalue weighted by Gasteiger charge is -2.27. The first-order valence-corrected chi connectivity index (χ1v) is 11.8. The standard InChI is InChI=1S/C22H30N4O2S2/c1-21(2,3)13-8-9-15(14(12-13)22(4,5)6)28-10-7-11-29-20-25-17-16(18(27)26-20)30-19(23)24-17/h8-9,12H,7,10-11H2,1-6H3,(H3,23,24,25,26,27). The maximum atomic E-state index is 12.1. The number of aromatic amines is 1. The Labute approximate surface area is 185 Å². The van der Waals surface area contributed by atoms with E-state index in [0.29, 0.717) is 27.2 Å². The zero-order chi connectivity index (χ0) is 22.1. The fourth-order valence-electron chi connectivity index (χ4n) is 3.02. The number of H-pyrrole nitrogens is 1. The van der Waals surface area contributed by atoms with E-state index in [9.17, 15) is 4.79 Å². The van der Waals surface area contributed by atoms with Gasteiger partial charge in [0.25, 0.3) is 5.56 Å². The minimum Gasteiger partial charge on any atom is -0.493 e. The molecule has 3 N–H and O–H groups in total. The van der Waals surface area contributed by atoms with Crippen LogP contribution in [-0.2, 0) is 10.8 Å². The lowest BCUT2D eigenvalue weighted by Crippen LogP contribution is -2.18. The van der Waals surface area contributed by atoms with Crippen LogP contribution in [0.1, 0.15) is 59.1 Å². The molecule has 0 saturated carbocycles. The van der Waals surface area contributed by atoms with Gasteiger partial charge in [-0.25, -0.2) is 9.97 Å². The second-order valence-corrected chi connectivity index (χ2v) is 11.5. The number of nitrogens with zero attached hydrogens (tertiary/aromatic N) is 2. The Balaban J connectivity index is 1.61. The summed E-state index contributed by atoms with van der Waals surface area (Å²) in [4.78, 5) is 23.4. The maximum Gasteiger partial charge on any atom is 0.271 e. The summed E-state index contributed by atoms with van der Waals surface area (Å²) in [5.41, 5.74) is 8.52. The largest absolute Gasteiger partial charge is 0.493 e. The van der Waals surface area contributed by atoms with E-state index in [1.54, 1.807) is 0 Å². The van der Waals surface area contributed by atoms with Crippen molar-refractivity contribution >= 4 is 38.6 Å². The Kier molecular flexibility index (Phi) is 6.48. The number of hydrogen-bond acceptors (Lipinski definition) is 7. The Morgan fingerprint density at radius 1 is 1.13 bits per heavy atom. The fraction of sp³-hybridized carbons (Fsp3) is 0.500. The number of rotatable bonds is 6. The van der Waals surface area contributed by atoms with Crippen LogP contribution < -0.4 is 16.0 Å². The number of nitrogen functional groups attached to an aromatic ring is 1. The van der Waals surface area contributed by atoms with Gasteiger partial charge in [0, 0.05) is 5.75 Å². The summed E-state index contributed by atoms with van der Waals surface area (Å²) in [6.45, 7) is 13.9.